The zero-order valence-electron chi connectivity index (χ0n) is 12.7. The van der Waals surface area contributed by atoms with E-state index in [0.29, 0.717) is 12.0 Å². The van der Waals surface area contributed by atoms with Gasteiger partial charge in [0.15, 0.2) is 5.96 Å². The monoisotopic (exact) mass is 305 g/mol. The minimum absolute atomic E-state index is 0.163. The summed E-state index contributed by atoms with van der Waals surface area (Å²) >= 11 is 6.19. The molecule has 2 N–H and O–H groups in total. The summed E-state index contributed by atoms with van der Waals surface area (Å²) in [5.41, 5.74) is 7.30. The molecule has 0 radical (unpaired) electrons. The highest BCUT2D eigenvalue weighted by atomic mass is 35.5. The van der Waals surface area contributed by atoms with Gasteiger partial charge in [0, 0.05) is 11.1 Å². The fourth-order valence-corrected chi connectivity index (χ4v) is 3.99. The zero-order chi connectivity index (χ0) is 14.9. The van der Waals surface area contributed by atoms with E-state index in [-0.39, 0.29) is 5.54 Å². The van der Waals surface area contributed by atoms with Crippen LogP contribution in [0.4, 0.5) is 0 Å². The molecule has 1 aromatic carbocycles. The van der Waals surface area contributed by atoms with Crippen molar-refractivity contribution < 1.29 is 0 Å². The lowest BCUT2D eigenvalue weighted by Gasteiger charge is -2.42. The summed E-state index contributed by atoms with van der Waals surface area (Å²) in [5, 5.41) is 0.778. The van der Waals surface area contributed by atoms with Crippen LogP contribution in [0.15, 0.2) is 29.3 Å². The minimum Gasteiger partial charge on any atom is -0.370 e. The molecule has 1 atom stereocenters. The highest BCUT2D eigenvalue weighted by Gasteiger charge is 2.43. The summed E-state index contributed by atoms with van der Waals surface area (Å²) in [6.45, 7) is 2.96. The minimum atomic E-state index is -0.163. The maximum atomic E-state index is 6.25. The van der Waals surface area contributed by atoms with Gasteiger partial charge in [-0.3, -0.25) is 4.99 Å². The van der Waals surface area contributed by atoms with Crippen molar-refractivity contribution in [1.82, 2.24) is 4.90 Å². The molecule has 114 valence electrons. The van der Waals surface area contributed by atoms with Crippen molar-refractivity contribution in [3.05, 3.63) is 34.9 Å². The number of hydrogen-bond acceptors (Lipinski definition) is 3. The average molecular weight is 306 g/mol. The van der Waals surface area contributed by atoms with E-state index < -0.39 is 0 Å². The van der Waals surface area contributed by atoms with Crippen LogP contribution >= 0.6 is 11.6 Å². The smallest absolute Gasteiger partial charge is 0.192 e. The Bertz CT molecular complexity index is 535. The second kappa shape index (κ2) is 5.88. The van der Waals surface area contributed by atoms with Gasteiger partial charge in [-0.15, -0.1) is 0 Å². The quantitative estimate of drug-likeness (QED) is 0.842. The fourth-order valence-electron chi connectivity index (χ4n) is 3.80. The molecule has 1 saturated carbocycles. The van der Waals surface area contributed by atoms with Crippen molar-refractivity contribution in [2.45, 2.75) is 57.0 Å². The number of benzene rings is 1. The lowest BCUT2D eigenvalue weighted by Crippen LogP contribution is -2.52. The molecule has 1 aliphatic heterocycles. The van der Waals surface area contributed by atoms with Gasteiger partial charge >= 0.3 is 0 Å². The molecule has 3 rings (SSSR count). The first-order valence-electron chi connectivity index (χ1n) is 7.96. The van der Waals surface area contributed by atoms with Crippen LogP contribution in [0, 0.1) is 0 Å². The van der Waals surface area contributed by atoms with Gasteiger partial charge in [-0.05, 0) is 37.5 Å². The summed E-state index contributed by atoms with van der Waals surface area (Å²) in [6.07, 6.45) is 7.70. The van der Waals surface area contributed by atoms with Crippen molar-refractivity contribution >= 4 is 17.6 Å². The second-order valence-electron chi connectivity index (χ2n) is 6.47. The molecule has 3 nitrogen and oxygen atoms in total. The van der Waals surface area contributed by atoms with E-state index in [9.17, 15) is 0 Å². The zero-order valence-corrected chi connectivity index (χ0v) is 13.4. The number of hydrogen-bond donors (Lipinski definition) is 1. The SMILES string of the molecule is CC1(c2cccc(Cl)c2)CN=C(N)N1C1CCCCCC1. The number of halogens is 1. The molecule has 0 spiro atoms. The third kappa shape index (κ3) is 2.76. The highest BCUT2D eigenvalue weighted by molar-refractivity contribution is 6.30. The van der Waals surface area contributed by atoms with Gasteiger partial charge in [-0.1, -0.05) is 49.4 Å². The first kappa shape index (κ1) is 14.7. The molecule has 1 aliphatic carbocycles. The lowest BCUT2D eigenvalue weighted by molar-refractivity contribution is 0.152. The molecular formula is C17H24ClN3. The molecule has 1 heterocycles. The Morgan fingerprint density at radius 1 is 1.24 bits per heavy atom. The van der Waals surface area contributed by atoms with Crippen LogP contribution in [0.2, 0.25) is 5.02 Å². The van der Waals surface area contributed by atoms with E-state index >= 15 is 0 Å². The molecular weight excluding hydrogens is 282 g/mol. The number of aliphatic imine (C=N–C) groups is 1. The summed E-state index contributed by atoms with van der Waals surface area (Å²) in [6, 6.07) is 8.64. The molecule has 0 saturated heterocycles. The average Bonchev–Trinajstić information content (AvgIpc) is 2.67. The summed E-state index contributed by atoms with van der Waals surface area (Å²) < 4.78 is 0. The van der Waals surface area contributed by atoms with E-state index in [1.165, 1.54) is 44.1 Å². The Hall–Kier alpha value is -1.22. The van der Waals surface area contributed by atoms with Crippen molar-refractivity contribution in [2.24, 2.45) is 10.7 Å². The number of guanidine groups is 1. The van der Waals surface area contributed by atoms with Crippen molar-refractivity contribution in [1.29, 1.82) is 0 Å². The van der Waals surface area contributed by atoms with Crippen LogP contribution in [0.1, 0.15) is 51.0 Å². The van der Waals surface area contributed by atoms with Crippen LogP contribution in [-0.2, 0) is 5.54 Å². The van der Waals surface area contributed by atoms with E-state index in [1.807, 2.05) is 12.1 Å². The fraction of sp³-hybridized carbons (Fsp3) is 0.588. The predicted molar refractivity (Wildman–Crippen MR) is 88.6 cm³/mol. The van der Waals surface area contributed by atoms with Crippen molar-refractivity contribution in [3.8, 4) is 0 Å². The molecule has 21 heavy (non-hydrogen) atoms. The molecule has 4 heteroatoms. The van der Waals surface area contributed by atoms with Crippen LogP contribution < -0.4 is 5.73 Å². The van der Waals surface area contributed by atoms with Crippen molar-refractivity contribution in [3.63, 3.8) is 0 Å². The third-order valence-corrected chi connectivity index (χ3v) is 5.20. The first-order valence-corrected chi connectivity index (χ1v) is 8.34. The summed E-state index contributed by atoms with van der Waals surface area (Å²) in [4.78, 5) is 6.92. The number of nitrogens with two attached hydrogens (primary N) is 1. The van der Waals surface area contributed by atoms with Gasteiger partial charge in [0.2, 0.25) is 0 Å². The maximum absolute atomic E-state index is 6.25. The van der Waals surface area contributed by atoms with E-state index in [4.69, 9.17) is 17.3 Å². The van der Waals surface area contributed by atoms with E-state index in [2.05, 4.69) is 28.9 Å². The normalized spacial score (nSPS) is 27.5. The Morgan fingerprint density at radius 2 is 1.95 bits per heavy atom. The Morgan fingerprint density at radius 3 is 2.62 bits per heavy atom. The van der Waals surface area contributed by atoms with Gasteiger partial charge < -0.3 is 10.6 Å². The number of nitrogens with zero attached hydrogens (tertiary/aromatic N) is 2. The van der Waals surface area contributed by atoms with Gasteiger partial charge in [-0.2, -0.15) is 0 Å². The van der Waals surface area contributed by atoms with Crippen molar-refractivity contribution in [2.75, 3.05) is 6.54 Å². The van der Waals surface area contributed by atoms with Crippen LogP contribution in [-0.4, -0.2) is 23.4 Å². The molecule has 0 aromatic heterocycles. The van der Waals surface area contributed by atoms with Gasteiger partial charge in [0.1, 0.15) is 0 Å². The Balaban J connectivity index is 1.93. The van der Waals surface area contributed by atoms with Crippen LogP contribution in [0.3, 0.4) is 0 Å². The topological polar surface area (TPSA) is 41.6 Å². The maximum Gasteiger partial charge on any atom is 0.192 e. The molecule has 1 unspecified atom stereocenters. The third-order valence-electron chi connectivity index (χ3n) is 4.96. The summed E-state index contributed by atoms with van der Waals surface area (Å²) in [7, 11) is 0. The summed E-state index contributed by atoms with van der Waals surface area (Å²) in [5.74, 6) is 0.698. The molecule has 1 fully saturated rings. The highest BCUT2D eigenvalue weighted by Crippen LogP contribution is 2.38. The van der Waals surface area contributed by atoms with E-state index in [0.717, 1.165) is 11.6 Å². The Kier molecular flexibility index (Phi) is 4.12. The van der Waals surface area contributed by atoms with Gasteiger partial charge in [0.05, 0.1) is 12.1 Å². The largest absolute Gasteiger partial charge is 0.370 e. The molecule has 0 bridgehead atoms. The van der Waals surface area contributed by atoms with E-state index in [1.54, 1.807) is 0 Å². The molecule has 1 aromatic rings. The lowest BCUT2D eigenvalue weighted by atomic mass is 9.88. The first-order chi connectivity index (χ1) is 10.1. The van der Waals surface area contributed by atoms with Crippen LogP contribution in [0.5, 0.6) is 0 Å². The Labute approximate surface area is 132 Å². The standard InChI is InChI=1S/C17H24ClN3/c1-17(13-7-6-8-14(18)11-13)12-20-16(19)21(17)15-9-4-2-3-5-10-15/h6-8,11,15H,2-5,9-10,12H2,1H3,(H2,19,20). The van der Waals surface area contributed by atoms with Gasteiger partial charge in [0.25, 0.3) is 0 Å². The van der Waals surface area contributed by atoms with Crippen LogP contribution in [0.25, 0.3) is 0 Å². The molecule has 2 aliphatic rings. The number of rotatable bonds is 2. The second-order valence-corrected chi connectivity index (χ2v) is 6.91. The molecule has 0 amide bonds. The van der Waals surface area contributed by atoms with Gasteiger partial charge in [-0.25, -0.2) is 0 Å². The predicted octanol–water partition coefficient (Wildman–Crippen LogP) is 3.91.